The number of hydrogen-bond donors (Lipinski definition) is 2. The van der Waals surface area contributed by atoms with E-state index < -0.39 is 0 Å². The minimum Gasteiger partial charge on any atom is -0.396 e. The molecule has 2 rings (SSSR count). The number of hydrogen-bond acceptors (Lipinski definition) is 4. The van der Waals surface area contributed by atoms with Crippen molar-refractivity contribution in [1.82, 2.24) is 10.3 Å². The fourth-order valence-corrected chi connectivity index (χ4v) is 3.06. The molecule has 1 aromatic heterocycles. The van der Waals surface area contributed by atoms with Crippen molar-refractivity contribution in [2.24, 2.45) is 0 Å². The molecular formula is C16H22N2OS. The van der Waals surface area contributed by atoms with Crippen molar-refractivity contribution in [3.63, 3.8) is 0 Å². The van der Waals surface area contributed by atoms with Crippen LogP contribution >= 0.6 is 11.3 Å². The lowest BCUT2D eigenvalue weighted by atomic mass is 10.1. The van der Waals surface area contributed by atoms with Crippen LogP contribution in [0.15, 0.2) is 35.7 Å². The summed E-state index contributed by atoms with van der Waals surface area (Å²) in [5.41, 5.74) is 2.19. The van der Waals surface area contributed by atoms with Crippen LogP contribution in [0.3, 0.4) is 0 Å². The number of nitrogens with zero attached hydrogens (tertiary/aromatic N) is 1. The third kappa shape index (κ3) is 3.88. The van der Waals surface area contributed by atoms with E-state index in [1.165, 1.54) is 0 Å². The van der Waals surface area contributed by atoms with Gasteiger partial charge in [0.15, 0.2) is 0 Å². The first kappa shape index (κ1) is 15.2. The Morgan fingerprint density at radius 2 is 2.05 bits per heavy atom. The van der Waals surface area contributed by atoms with Gasteiger partial charge in [-0.25, -0.2) is 4.98 Å². The Hall–Kier alpha value is -1.23. The molecule has 0 aliphatic rings. The number of aliphatic hydroxyl groups excluding tert-OH is 1. The normalized spacial score (nSPS) is 14.2. The zero-order chi connectivity index (χ0) is 14.4. The molecule has 0 spiro atoms. The molecule has 0 saturated carbocycles. The van der Waals surface area contributed by atoms with Gasteiger partial charge in [-0.05, 0) is 19.8 Å². The summed E-state index contributed by atoms with van der Waals surface area (Å²) < 4.78 is 0. The van der Waals surface area contributed by atoms with E-state index in [1.807, 2.05) is 18.2 Å². The van der Waals surface area contributed by atoms with Crippen molar-refractivity contribution in [3.8, 4) is 11.3 Å². The monoisotopic (exact) mass is 290 g/mol. The standard InChI is InChI=1S/C16H22N2OS/c1-3-14(9-10-19)17-12(2)16-18-15(11-20-16)13-7-5-4-6-8-13/h4-8,11-12,14,17,19H,3,9-10H2,1-2H3. The molecular weight excluding hydrogens is 268 g/mol. The molecule has 4 heteroatoms. The average molecular weight is 290 g/mol. The van der Waals surface area contributed by atoms with Crippen LogP contribution in [0.5, 0.6) is 0 Å². The van der Waals surface area contributed by atoms with Gasteiger partial charge in [0.25, 0.3) is 0 Å². The number of thiazole rings is 1. The molecule has 0 radical (unpaired) electrons. The second-order valence-electron chi connectivity index (χ2n) is 4.94. The van der Waals surface area contributed by atoms with E-state index in [0.717, 1.165) is 29.1 Å². The number of rotatable bonds is 7. The summed E-state index contributed by atoms with van der Waals surface area (Å²) in [7, 11) is 0. The van der Waals surface area contributed by atoms with Gasteiger partial charge in [0.05, 0.1) is 11.7 Å². The minimum absolute atomic E-state index is 0.217. The van der Waals surface area contributed by atoms with Gasteiger partial charge in [-0.1, -0.05) is 37.3 Å². The molecule has 2 aromatic rings. The summed E-state index contributed by atoms with van der Waals surface area (Å²) in [4.78, 5) is 4.72. The molecule has 2 N–H and O–H groups in total. The van der Waals surface area contributed by atoms with Gasteiger partial charge in [0.1, 0.15) is 5.01 Å². The summed E-state index contributed by atoms with van der Waals surface area (Å²) in [6.45, 7) is 4.50. The molecule has 0 bridgehead atoms. The van der Waals surface area contributed by atoms with Crippen molar-refractivity contribution in [1.29, 1.82) is 0 Å². The largest absolute Gasteiger partial charge is 0.396 e. The maximum absolute atomic E-state index is 9.05. The van der Waals surface area contributed by atoms with Crippen molar-refractivity contribution >= 4 is 11.3 Å². The maximum atomic E-state index is 9.05. The van der Waals surface area contributed by atoms with Gasteiger partial charge in [0.2, 0.25) is 0 Å². The first-order valence-electron chi connectivity index (χ1n) is 7.12. The molecule has 0 saturated heterocycles. The van der Waals surface area contributed by atoms with E-state index in [2.05, 4.69) is 36.7 Å². The first-order chi connectivity index (χ1) is 9.74. The summed E-state index contributed by atoms with van der Waals surface area (Å²) >= 11 is 1.69. The molecule has 3 nitrogen and oxygen atoms in total. The van der Waals surface area contributed by atoms with E-state index in [9.17, 15) is 0 Å². The van der Waals surface area contributed by atoms with E-state index in [-0.39, 0.29) is 12.6 Å². The molecule has 1 aromatic carbocycles. The highest BCUT2D eigenvalue weighted by atomic mass is 32.1. The van der Waals surface area contributed by atoms with Crippen molar-refractivity contribution in [3.05, 3.63) is 40.7 Å². The third-order valence-electron chi connectivity index (χ3n) is 3.42. The Bertz CT molecular complexity index is 512. The van der Waals surface area contributed by atoms with Gasteiger partial charge in [-0.3, -0.25) is 0 Å². The second kappa shape index (κ2) is 7.53. The van der Waals surface area contributed by atoms with Crippen LogP contribution in [-0.2, 0) is 0 Å². The Labute approximate surface area is 124 Å². The van der Waals surface area contributed by atoms with Gasteiger partial charge in [-0.15, -0.1) is 11.3 Å². The van der Waals surface area contributed by atoms with E-state index in [1.54, 1.807) is 11.3 Å². The first-order valence-corrected chi connectivity index (χ1v) is 8.00. The topological polar surface area (TPSA) is 45.1 Å². The SMILES string of the molecule is CCC(CCO)NC(C)c1nc(-c2ccccc2)cs1. The van der Waals surface area contributed by atoms with Crippen LogP contribution in [0.4, 0.5) is 0 Å². The number of benzene rings is 1. The molecule has 0 amide bonds. The number of aromatic nitrogens is 1. The van der Waals surface area contributed by atoms with E-state index >= 15 is 0 Å². The lowest BCUT2D eigenvalue weighted by Gasteiger charge is -2.20. The van der Waals surface area contributed by atoms with Crippen molar-refractivity contribution < 1.29 is 5.11 Å². The average Bonchev–Trinajstić information content (AvgIpc) is 2.97. The molecule has 2 unspecified atom stereocenters. The molecule has 0 fully saturated rings. The van der Waals surface area contributed by atoms with Crippen LogP contribution in [0.1, 0.15) is 37.7 Å². The highest BCUT2D eigenvalue weighted by molar-refractivity contribution is 7.10. The van der Waals surface area contributed by atoms with Gasteiger partial charge >= 0.3 is 0 Å². The minimum atomic E-state index is 0.217. The Balaban J connectivity index is 2.05. The van der Waals surface area contributed by atoms with Gasteiger partial charge in [0, 0.05) is 23.6 Å². The smallest absolute Gasteiger partial charge is 0.110 e. The predicted octanol–water partition coefficient (Wildman–Crippen LogP) is 3.62. The quantitative estimate of drug-likeness (QED) is 0.818. The Morgan fingerprint density at radius 1 is 1.30 bits per heavy atom. The van der Waals surface area contributed by atoms with Crippen LogP contribution in [0, 0.1) is 0 Å². The fourth-order valence-electron chi connectivity index (χ4n) is 2.21. The van der Waals surface area contributed by atoms with E-state index in [4.69, 9.17) is 10.1 Å². The molecule has 2 atom stereocenters. The Kier molecular flexibility index (Phi) is 5.71. The lowest BCUT2D eigenvalue weighted by Crippen LogP contribution is -2.31. The molecule has 1 heterocycles. The molecule has 108 valence electrons. The Morgan fingerprint density at radius 3 is 2.70 bits per heavy atom. The zero-order valence-corrected chi connectivity index (χ0v) is 12.9. The summed E-state index contributed by atoms with van der Waals surface area (Å²) in [6, 6.07) is 10.8. The van der Waals surface area contributed by atoms with Gasteiger partial charge < -0.3 is 10.4 Å². The van der Waals surface area contributed by atoms with Gasteiger partial charge in [-0.2, -0.15) is 0 Å². The second-order valence-corrected chi connectivity index (χ2v) is 5.83. The van der Waals surface area contributed by atoms with E-state index in [0.29, 0.717) is 6.04 Å². The summed E-state index contributed by atoms with van der Waals surface area (Å²) in [6.07, 6.45) is 1.81. The molecule has 20 heavy (non-hydrogen) atoms. The highest BCUT2D eigenvalue weighted by Gasteiger charge is 2.15. The van der Waals surface area contributed by atoms with Crippen LogP contribution in [0.25, 0.3) is 11.3 Å². The van der Waals surface area contributed by atoms with Crippen LogP contribution < -0.4 is 5.32 Å². The van der Waals surface area contributed by atoms with Crippen LogP contribution in [0.2, 0.25) is 0 Å². The summed E-state index contributed by atoms with van der Waals surface area (Å²) in [5, 5.41) is 15.8. The highest BCUT2D eigenvalue weighted by Crippen LogP contribution is 2.25. The third-order valence-corrected chi connectivity index (χ3v) is 4.45. The lowest BCUT2D eigenvalue weighted by molar-refractivity contribution is 0.257. The fraction of sp³-hybridized carbons (Fsp3) is 0.438. The maximum Gasteiger partial charge on any atom is 0.110 e. The van der Waals surface area contributed by atoms with Crippen molar-refractivity contribution in [2.75, 3.05) is 6.61 Å². The van der Waals surface area contributed by atoms with Crippen LogP contribution in [-0.4, -0.2) is 22.7 Å². The summed E-state index contributed by atoms with van der Waals surface area (Å²) in [5.74, 6) is 0. The molecule has 0 aliphatic heterocycles. The predicted molar refractivity (Wildman–Crippen MR) is 84.9 cm³/mol. The number of aliphatic hydroxyl groups is 1. The number of nitrogens with one attached hydrogen (secondary N) is 1. The zero-order valence-electron chi connectivity index (χ0n) is 12.0. The van der Waals surface area contributed by atoms with Crippen molar-refractivity contribution in [2.45, 2.75) is 38.8 Å². The molecule has 0 aliphatic carbocycles.